The topological polar surface area (TPSA) is 132 Å². The van der Waals surface area contributed by atoms with Crippen molar-refractivity contribution >= 4 is 22.4 Å². The van der Waals surface area contributed by atoms with Crippen molar-refractivity contribution in [3.05, 3.63) is 29.3 Å². The van der Waals surface area contributed by atoms with Crippen LogP contribution in [-0.4, -0.2) is 53.5 Å². The number of fused-ring (bicyclic) bond motifs is 1. The summed E-state index contributed by atoms with van der Waals surface area (Å²) in [6.45, 7) is 2.19. The summed E-state index contributed by atoms with van der Waals surface area (Å²) in [5.74, 6) is -9.96. The molecule has 168 valence electrons. The van der Waals surface area contributed by atoms with Crippen molar-refractivity contribution in [3.8, 4) is 0 Å². The molecular formula is C22H32O7S. The zero-order chi connectivity index (χ0) is 22.4. The molecule has 0 saturated heterocycles. The first kappa shape index (κ1) is 24.8. The molecule has 0 heterocycles. The van der Waals surface area contributed by atoms with E-state index in [1.54, 1.807) is 0 Å². The monoisotopic (exact) mass is 440 g/mol. The van der Waals surface area contributed by atoms with Gasteiger partial charge in [-0.15, -0.1) is 0 Å². The first-order chi connectivity index (χ1) is 14.2. The maximum Gasteiger partial charge on any atom is 0.292 e. The van der Waals surface area contributed by atoms with E-state index in [1.807, 2.05) is 0 Å². The highest BCUT2D eigenvalue weighted by Crippen LogP contribution is 2.36. The maximum absolute atomic E-state index is 12.7. The highest BCUT2D eigenvalue weighted by Gasteiger charge is 2.63. The van der Waals surface area contributed by atoms with E-state index >= 15 is 0 Å². The number of aliphatic hydroxyl groups is 4. The van der Waals surface area contributed by atoms with Gasteiger partial charge in [0.15, 0.2) is 0 Å². The molecule has 8 heteroatoms. The number of unbranched alkanes of at least 4 members (excludes halogenated alkanes) is 9. The molecule has 1 aliphatic rings. The van der Waals surface area contributed by atoms with Crippen LogP contribution in [0.2, 0.25) is 0 Å². The maximum atomic E-state index is 12.7. The number of hydrogen-bond donors (Lipinski definition) is 4. The standard InChI is InChI=1S/C22H32O7S/c1-2-3-4-5-6-7-8-9-10-11-15-30(29)17-14-12-13-16-18(17)20(24)22(27,28)21(25,26)19(16)23/h12-14,25-28H,2-11,15H2,1H3. The third-order valence-corrected chi connectivity index (χ3v) is 7.04. The fraction of sp³-hybridized carbons (Fsp3) is 0.636. The Morgan fingerprint density at radius 3 is 1.83 bits per heavy atom. The number of hydrogen-bond acceptors (Lipinski definition) is 7. The van der Waals surface area contributed by atoms with E-state index in [-0.39, 0.29) is 16.2 Å². The molecule has 0 aromatic heterocycles. The Hall–Kier alpha value is -1.45. The summed E-state index contributed by atoms with van der Waals surface area (Å²) < 4.78 is 12.7. The lowest BCUT2D eigenvalue weighted by Crippen LogP contribution is -2.66. The number of carbonyl (C=O) groups excluding carboxylic acids is 2. The molecule has 1 aliphatic carbocycles. The molecule has 1 unspecified atom stereocenters. The predicted octanol–water partition coefficient (Wildman–Crippen LogP) is 2.46. The average Bonchev–Trinajstić information content (AvgIpc) is 2.72. The summed E-state index contributed by atoms with van der Waals surface area (Å²) in [6, 6.07) is 3.94. The lowest BCUT2D eigenvalue weighted by Gasteiger charge is -2.37. The van der Waals surface area contributed by atoms with Gasteiger partial charge in [0.2, 0.25) is 11.6 Å². The molecule has 7 nitrogen and oxygen atoms in total. The molecule has 0 aliphatic heterocycles. The normalized spacial score (nSPS) is 18.3. The van der Waals surface area contributed by atoms with Crippen LogP contribution < -0.4 is 0 Å². The van der Waals surface area contributed by atoms with Crippen molar-refractivity contribution in [1.82, 2.24) is 0 Å². The van der Waals surface area contributed by atoms with Gasteiger partial charge in [0.05, 0.1) is 21.3 Å². The Kier molecular flexibility index (Phi) is 8.87. The predicted molar refractivity (Wildman–Crippen MR) is 113 cm³/mol. The van der Waals surface area contributed by atoms with Gasteiger partial charge in [0.1, 0.15) is 0 Å². The molecule has 1 atom stereocenters. The number of carbonyl (C=O) groups is 2. The molecule has 0 amide bonds. The van der Waals surface area contributed by atoms with Crippen LogP contribution in [0, 0.1) is 0 Å². The molecule has 30 heavy (non-hydrogen) atoms. The average molecular weight is 441 g/mol. The summed E-state index contributed by atoms with van der Waals surface area (Å²) in [6.07, 6.45) is 11.2. The summed E-state index contributed by atoms with van der Waals surface area (Å²) >= 11 is 0. The SMILES string of the molecule is CCCCCCCCCCCCS(=O)c1cccc2c1C(=O)C(O)(O)C(O)(O)C2=O. The molecule has 1 aromatic rings. The van der Waals surface area contributed by atoms with Gasteiger partial charge in [-0.05, 0) is 12.5 Å². The Labute approximate surface area is 179 Å². The van der Waals surface area contributed by atoms with Crippen molar-refractivity contribution in [1.29, 1.82) is 0 Å². The zero-order valence-corrected chi connectivity index (χ0v) is 18.2. The van der Waals surface area contributed by atoms with Gasteiger partial charge in [0, 0.05) is 11.3 Å². The third-order valence-electron chi connectivity index (χ3n) is 5.55. The van der Waals surface area contributed by atoms with Crippen LogP contribution in [-0.2, 0) is 10.8 Å². The van der Waals surface area contributed by atoms with Gasteiger partial charge in [0.25, 0.3) is 11.6 Å². The Morgan fingerprint density at radius 1 is 0.767 bits per heavy atom. The van der Waals surface area contributed by atoms with Crippen LogP contribution in [0.1, 0.15) is 91.8 Å². The van der Waals surface area contributed by atoms with E-state index in [9.17, 15) is 34.2 Å². The first-order valence-electron chi connectivity index (χ1n) is 10.7. The van der Waals surface area contributed by atoms with Crippen molar-refractivity contribution < 1.29 is 34.2 Å². The van der Waals surface area contributed by atoms with Gasteiger partial charge < -0.3 is 20.4 Å². The van der Waals surface area contributed by atoms with E-state index in [4.69, 9.17) is 0 Å². The lowest BCUT2D eigenvalue weighted by atomic mass is 9.80. The van der Waals surface area contributed by atoms with E-state index < -0.39 is 39.5 Å². The second-order valence-electron chi connectivity index (χ2n) is 7.91. The van der Waals surface area contributed by atoms with Gasteiger partial charge in [-0.2, -0.15) is 0 Å². The molecule has 0 fully saturated rings. The Balaban J connectivity index is 1.92. The fourth-order valence-corrected chi connectivity index (χ4v) is 5.00. The van der Waals surface area contributed by atoms with Crippen LogP contribution in [0.5, 0.6) is 0 Å². The van der Waals surface area contributed by atoms with Crippen LogP contribution in [0.15, 0.2) is 23.1 Å². The highest BCUT2D eigenvalue weighted by atomic mass is 32.2. The van der Waals surface area contributed by atoms with E-state index in [2.05, 4.69) is 6.92 Å². The summed E-state index contributed by atoms with van der Waals surface area (Å²) in [5.41, 5.74) is -0.797. The molecule has 1 aromatic carbocycles. The minimum Gasteiger partial charge on any atom is -0.355 e. The smallest absolute Gasteiger partial charge is 0.292 e. The Bertz CT molecular complexity index is 786. The second-order valence-corrected chi connectivity index (χ2v) is 9.45. The lowest BCUT2D eigenvalue weighted by molar-refractivity contribution is -0.299. The fourth-order valence-electron chi connectivity index (χ4n) is 3.65. The largest absolute Gasteiger partial charge is 0.355 e. The summed E-state index contributed by atoms with van der Waals surface area (Å²) in [7, 11) is -1.64. The molecule has 0 bridgehead atoms. The van der Waals surface area contributed by atoms with Crippen LogP contribution >= 0.6 is 0 Å². The second kappa shape index (κ2) is 10.7. The molecule has 0 spiro atoms. The van der Waals surface area contributed by atoms with Gasteiger partial charge in [-0.25, -0.2) is 0 Å². The zero-order valence-electron chi connectivity index (χ0n) is 17.4. The minimum atomic E-state index is -3.70. The molecule has 0 radical (unpaired) electrons. The number of benzene rings is 1. The van der Waals surface area contributed by atoms with Crippen molar-refractivity contribution in [3.63, 3.8) is 0 Å². The molecular weight excluding hydrogens is 408 g/mol. The van der Waals surface area contributed by atoms with Gasteiger partial charge in [-0.1, -0.05) is 76.8 Å². The van der Waals surface area contributed by atoms with E-state index in [1.165, 1.54) is 56.7 Å². The van der Waals surface area contributed by atoms with Crippen molar-refractivity contribution in [2.75, 3.05) is 5.75 Å². The van der Waals surface area contributed by atoms with E-state index in [0.717, 1.165) is 19.3 Å². The van der Waals surface area contributed by atoms with Gasteiger partial charge in [-0.3, -0.25) is 13.8 Å². The van der Waals surface area contributed by atoms with Crippen molar-refractivity contribution in [2.45, 2.75) is 87.6 Å². The quantitative estimate of drug-likeness (QED) is 0.290. The highest BCUT2D eigenvalue weighted by molar-refractivity contribution is 7.85. The number of ketones is 2. The Morgan fingerprint density at radius 2 is 1.27 bits per heavy atom. The summed E-state index contributed by atoms with van der Waals surface area (Å²) in [4.78, 5) is 24.7. The summed E-state index contributed by atoms with van der Waals surface area (Å²) in [5, 5.41) is 39.2. The molecule has 0 saturated carbocycles. The number of Topliss-reactive ketones (excluding diaryl/α,β-unsaturated/α-hetero) is 2. The molecule has 2 rings (SSSR count). The third kappa shape index (κ3) is 5.23. The van der Waals surface area contributed by atoms with Gasteiger partial charge >= 0.3 is 0 Å². The number of rotatable bonds is 12. The van der Waals surface area contributed by atoms with Crippen LogP contribution in [0.25, 0.3) is 0 Å². The van der Waals surface area contributed by atoms with Crippen molar-refractivity contribution in [2.24, 2.45) is 0 Å². The molecule has 4 N–H and O–H groups in total. The first-order valence-corrected chi connectivity index (χ1v) is 12.0. The van der Waals surface area contributed by atoms with E-state index in [0.29, 0.717) is 6.42 Å². The van der Waals surface area contributed by atoms with Crippen LogP contribution in [0.3, 0.4) is 0 Å². The van der Waals surface area contributed by atoms with Crippen LogP contribution in [0.4, 0.5) is 0 Å². The minimum absolute atomic E-state index is 0.00440.